The van der Waals surface area contributed by atoms with Gasteiger partial charge in [0.05, 0.1) is 29.1 Å². The van der Waals surface area contributed by atoms with E-state index in [0.29, 0.717) is 12.1 Å². The molecule has 0 amide bonds. The van der Waals surface area contributed by atoms with Gasteiger partial charge in [-0.1, -0.05) is 0 Å². The summed E-state index contributed by atoms with van der Waals surface area (Å²) in [5, 5.41) is 69.7. The minimum Gasteiger partial charge on any atom is -0.748 e. The van der Waals surface area contributed by atoms with Gasteiger partial charge in [-0.15, -0.1) is 0 Å². The van der Waals surface area contributed by atoms with E-state index in [1.807, 2.05) is 0 Å². The number of benzene rings is 1. The molecule has 2 fully saturated rings. The van der Waals surface area contributed by atoms with Crippen LogP contribution in [0.25, 0.3) is 11.0 Å². The number of hydrogen-bond acceptors (Lipinski definition) is 16. The second kappa shape index (κ2) is 13.7. The maximum atomic E-state index is 15.2. The third kappa shape index (κ3) is 7.11. The zero-order valence-electron chi connectivity index (χ0n) is 21.5. The molecule has 0 radical (unpaired) electrons. The Bertz CT molecular complexity index is 1420. The van der Waals surface area contributed by atoms with Crippen molar-refractivity contribution in [3.63, 3.8) is 0 Å². The molecule has 2 aromatic rings. The molecule has 3 heterocycles. The molecule has 42 heavy (non-hydrogen) atoms. The molecule has 16 nitrogen and oxygen atoms in total. The van der Waals surface area contributed by atoms with Gasteiger partial charge < -0.3 is 63.7 Å². The van der Waals surface area contributed by atoms with Crippen molar-refractivity contribution in [2.24, 2.45) is 0 Å². The molecule has 0 saturated carbocycles. The summed E-state index contributed by atoms with van der Waals surface area (Å²) in [7, 11) is -4.98. The van der Waals surface area contributed by atoms with E-state index in [2.05, 4.69) is 4.42 Å². The Morgan fingerprint density at radius 2 is 1.48 bits per heavy atom. The van der Waals surface area contributed by atoms with Crippen LogP contribution in [0.2, 0.25) is 0 Å². The van der Waals surface area contributed by atoms with Gasteiger partial charge in [-0.05, 0) is 11.6 Å². The molecule has 7 N–H and O–H groups in total. The maximum Gasteiger partial charge on any atom is 1.00 e. The molecule has 230 valence electrons. The van der Waals surface area contributed by atoms with E-state index in [0.717, 1.165) is 0 Å². The molecule has 0 spiro atoms. The fraction of sp³-hybridized carbons (Fsp3) is 0.591. The summed E-state index contributed by atoms with van der Waals surface area (Å²) in [6, 6.07) is 1.06. The van der Waals surface area contributed by atoms with Crippen LogP contribution in [0.15, 0.2) is 21.3 Å². The first-order chi connectivity index (χ1) is 19.2. The average molecular weight is 638 g/mol. The molecule has 4 rings (SSSR count). The van der Waals surface area contributed by atoms with Gasteiger partial charge in [0.2, 0.25) is 12.1 Å². The van der Waals surface area contributed by atoms with Crippen molar-refractivity contribution in [1.29, 1.82) is 0 Å². The molecule has 2 aliphatic rings. The Balaban J connectivity index is 0.00000484. The van der Waals surface area contributed by atoms with Crippen LogP contribution in [0.4, 0.5) is 8.78 Å². The van der Waals surface area contributed by atoms with E-state index in [9.17, 15) is 57.9 Å². The van der Waals surface area contributed by atoms with Crippen LogP contribution >= 0.6 is 0 Å². The summed E-state index contributed by atoms with van der Waals surface area (Å²) in [6.45, 7) is -1.79. The van der Waals surface area contributed by atoms with E-state index in [4.69, 9.17) is 18.9 Å². The molecule has 4 unspecified atom stereocenters. The fourth-order valence-electron chi connectivity index (χ4n) is 4.46. The molecule has 2 aliphatic heterocycles. The normalized spacial score (nSPS) is 33.8. The third-order valence-corrected chi connectivity index (χ3v) is 7.16. The van der Waals surface area contributed by atoms with Crippen molar-refractivity contribution in [2.45, 2.75) is 67.2 Å². The van der Waals surface area contributed by atoms with E-state index >= 15 is 4.39 Å². The molecule has 1 aromatic heterocycles. The standard InChI is InChI=1S/C22H26F2O16S.Na/c23-8-2-7-6(5-41(33,34)35)1-11(27)38-18(7)12(24)19(8)39-22-17(32)15(30)20(10(4-26)37-22)40-21-16(31)14(29)13(28)9(3-25)36-21;/h1-2,9-10,13-17,20-22,25-26,28-32H,3-5H2,(H,33,34,35);/q;+1/p-1/t9?,10?,13-,14-,15+,16?,17?,20-,21+,22+;/m1./s1. The quantitative estimate of drug-likeness (QED) is 0.0804. The van der Waals surface area contributed by atoms with Gasteiger partial charge in [-0.25, -0.2) is 17.6 Å². The van der Waals surface area contributed by atoms with Gasteiger partial charge in [0, 0.05) is 11.5 Å². The molecular weight excluding hydrogens is 613 g/mol. The average Bonchev–Trinajstić information content (AvgIpc) is 2.90. The number of ether oxygens (including phenoxy) is 4. The Morgan fingerprint density at radius 3 is 2.07 bits per heavy atom. The van der Waals surface area contributed by atoms with Crippen LogP contribution in [0, 0.1) is 11.6 Å². The van der Waals surface area contributed by atoms with Gasteiger partial charge in [0.15, 0.2) is 23.4 Å². The molecule has 0 aliphatic carbocycles. The number of halogens is 2. The summed E-state index contributed by atoms with van der Waals surface area (Å²) in [4.78, 5) is 11.8. The van der Waals surface area contributed by atoms with Crippen LogP contribution in [0.1, 0.15) is 5.56 Å². The predicted molar refractivity (Wildman–Crippen MR) is 123 cm³/mol. The fourth-order valence-corrected chi connectivity index (χ4v) is 5.08. The Labute approximate surface area is 256 Å². The van der Waals surface area contributed by atoms with Gasteiger partial charge >= 0.3 is 35.2 Å². The van der Waals surface area contributed by atoms with Crippen LogP contribution in [-0.2, 0) is 30.1 Å². The Morgan fingerprint density at radius 1 is 0.881 bits per heavy atom. The van der Waals surface area contributed by atoms with Crippen molar-refractivity contribution in [1.82, 2.24) is 0 Å². The molecule has 10 atom stereocenters. The van der Waals surface area contributed by atoms with E-state index in [1.165, 1.54) is 0 Å². The monoisotopic (exact) mass is 638 g/mol. The Kier molecular flexibility index (Phi) is 11.5. The summed E-state index contributed by atoms with van der Waals surface area (Å²) in [5.41, 5.74) is -2.85. The summed E-state index contributed by atoms with van der Waals surface area (Å²) < 4.78 is 89.2. The van der Waals surface area contributed by atoms with Crippen molar-refractivity contribution in [3.05, 3.63) is 39.8 Å². The van der Waals surface area contributed by atoms with Gasteiger partial charge in [-0.3, -0.25) is 0 Å². The second-order valence-electron chi connectivity index (χ2n) is 9.29. The first-order valence-electron chi connectivity index (χ1n) is 11.8. The van der Waals surface area contributed by atoms with Crippen LogP contribution < -0.4 is 39.9 Å². The van der Waals surface area contributed by atoms with E-state index in [1.54, 1.807) is 0 Å². The van der Waals surface area contributed by atoms with Gasteiger partial charge in [-0.2, -0.15) is 4.39 Å². The van der Waals surface area contributed by atoms with Crippen LogP contribution in [0.5, 0.6) is 5.75 Å². The summed E-state index contributed by atoms with van der Waals surface area (Å²) in [5.74, 6) is -5.84. The van der Waals surface area contributed by atoms with Crippen molar-refractivity contribution >= 4 is 21.1 Å². The van der Waals surface area contributed by atoms with Crippen molar-refractivity contribution in [3.8, 4) is 5.75 Å². The van der Waals surface area contributed by atoms with Crippen molar-refractivity contribution < 1.29 is 110 Å². The minimum absolute atomic E-state index is 0. The molecule has 20 heteroatoms. The van der Waals surface area contributed by atoms with Gasteiger partial charge in [0.1, 0.15) is 48.8 Å². The second-order valence-corrected chi connectivity index (χ2v) is 10.7. The van der Waals surface area contributed by atoms with E-state index in [-0.39, 0.29) is 29.6 Å². The third-order valence-electron chi connectivity index (χ3n) is 6.50. The first kappa shape index (κ1) is 35.1. The van der Waals surface area contributed by atoms with Gasteiger partial charge in [0.25, 0.3) is 0 Å². The topological polar surface area (TPSA) is 266 Å². The van der Waals surface area contributed by atoms with Crippen molar-refractivity contribution in [2.75, 3.05) is 13.2 Å². The first-order valence-corrected chi connectivity index (χ1v) is 13.4. The van der Waals surface area contributed by atoms with Crippen LogP contribution in [-0.4, -0.2) is 123 Å². The SMILES string of the molecule is O=c1cc(CS(=O)(=O)[O-])c2cc(F)c(O[C@@H]3OC(CO)[C@@H](O[C@@H]4OC(CO)[C@@H](O)[C@@H](O)C4O)[C@@H](O)C3O)c(F)c2o1.[Na+]. The summed E-state index contributed by atoms with van der Waals surface area (Å²) >= 11 is 0. The molecule has 1 aromatic carbocycles. The summed E-state index contributed by atoms with van der Waals surface area (Å²) in [6.07, 6.45) is -18.5. The minimum atomic E-state index is -4.98. The molecule has 2 saturated heterocycles. The smallest absolute Gasteiger partial charge is 0.748 e. The predicted octanol–water partition coefficient (Wildman–Crippen LogP) is -6.88. The zero-order valence-corrected chi connectivity index (χ0v) is 24.3. The molecule has 0 bridgehead atoms. The molecular formula is C22H25F2NaO16S. The maximum absolute atomic E-state index is 15.2. The van der Waals surface area contributed by atoms with E-state index < -0.39 is 130 Å². The number of fused-ring (bicyclic) bond motifs is 1. The largest absolute Gasteiger partial charge is 1.00 e. The Hall–Kier alpha value is -1.40. The van der Waals surface area contributed by atoms with Crippen LogP contribution in [0.3, 0.4) is 0 Å². The number of hydrogen-bond donors (Lipinski definition) is 7. The number of rotatable bonds is 8. The number of aliphatic hydroxyl groups excluding tert-OH is 7. The zero-order chi connectivity index (χ0) is 30.4. The number of aliphatic hydroxyl groups is 7.